The first-order chi connectivity index (χ1) is 13.3. The largest absolute Gasteiger partial charge is 0.434 e. The van der Waals surface area contributed by atoms with E-state index in [0.717, 1.165) is 24.5 Å². The topological polar surface area (TPSA) is 56.5 Å². The highest BCUT2D eigenvalue weighted by Gasteiger charge is 2.41. The van der Waals surface area contributed by atoms with Crippen molar-refractivity contribution in [3.63, 3.8) is 0 Å². The third kappa shape index (κ3) is 4.37. The Kier molecular flexibility index (Phi) is 5.46. The highest BCUT2D eigenvalue weighted by Crippen LogP contribution is 2.34. The van der Waals surface area contributed by atoms with Crippen molar-refractivity contribution in [1.82, 2.24) is 9.78 Å². The van der Waals surface area contributed by atoms with Gasteiger partial charge in [-0.3, -0.25) is 0 Å². The van der Waals surface area contributed by atoms with Crippen LogP contribution in [0.4, 0.5) is 17.6 Å². The Morgan fingerprint density at radius 1 is 1.11 bits per heavy atom. The average Bonchev–Trinajstić information content (AvgIpc) is 3.09. The van der Waals surface area contributed by atoms with Crippen LogP contribution in [0.2, 0.25) is 5.02 Å². The molecule has 0 spiro atoms. The van der Waals surface area contributed by atoms with Crippen LogP contribution in [0.25, 0.3) is 5.69 Å². The van der Waals surface area contributed by atoms with Gasteiger partial charge in [-0.25, -0.2) is 13.9 Å². The minimum atomic E-state index is -4.88. The summed E-state index contributed by atoms with van der Waals surface area (Å²) in [6, 6.07) is 10.5. The molecule has 1 aromatic heterocycles. The molecule has 3 aromatic rings. The highest BCUT2D eigenvalue weighted by molar-refractivity contribution is 6.30. The van der Waals surface area contributed by atoms with Crippen molar-refractivity contribution < 1.29 is 27.2 Å². The number of alkyl halides is 3. The number of carbonyl (C=O) groups excluding carboxylic acids is 1. The third-order valence-corrected chi connectivity index (χ3v) is 3.79. The fourth-order valence-corrected chi connectivity index (χ4v) is 2.41. The van der Waals surface area contributed by atoms with E-state index in [0.29, 0.717) is 15.3 Å². The molecule has 3 rings (SSSR count). The number of hydrogen-bond donors (Lipinski definition) is 0. The zero-order valence-electron chi connectivity index (χ0n) is 13.8. The second-order valence-corrected chi connectivity index (χ2v) is 5.89. The molecule has 5 nitrogen and oxygen atoms in total. The molecule has 28 heavy (non-hydrogen) atoms. The molecule has 0 amide bonds. The highest BCUT2D eigenvalue weighted by atomic mass is 35.5. The van der Waals surface area contributed by atoms with Gasteiger partial charge in [0, 0.05) is 5.02 Å². The lowest BCUT2D eigenvalue weighted by Crippen LogP contribution is -2.18. The van der Waals surface area contributed by atoms with Crippen molar-refractivity contribution >= 4 is 23.8 Å². The minimum Gasteiger partial charge on any atom is -0.313 e. The van der Waals surface area contributed by atoms with Crippen LogP contribution in [0, 0.1) is 5.82 Å². The van der Waals surface area contributed by atoms with E-state index in [4.69, 9.17) is 11.6 Å². The molecule has 0 aliphatic rings. The molecule has 0 atom stereocenters. The van der Waals surface area contributed by atoms with Gasteiger partial charge in [-0.2, -0.15) is 18.3 Å². The summed E-state index contributed by atoms with van der Waals surface area (Å²) in [5, 5.41) is 7.32. The summed E-state index contributed by atoms with van der Waals surface area (Å²) in [6.45, 7) is 0. The maximum atomic E-state index is 13.5. The van der Waals surface area contributed by atoms with Crippen molar-refractivity contribution in [2.24, 2.45) is 5.16 Å². The summed E-state index contributed by atoms with van der Waals surface area (Å²) in [5.74, 6) is -1.82. The van der Waals surface area contributed by atoms with Crippen molar-refractivity contribution in [2.45, 2.75) is 6.18 Å². The van der Waals surface area contributed by atoms with Crippen LogP contribution in [0.5, 0.6) is 0 Å². The smallest absolute Gasteiger partial charge is 0.313 e. The predicted octanol–water partition coefficient (Wildman–Crippen LogP) is 4.87. The molecule has 0 aliphatic heterocycles. The predicted molar refractivity (Wildman–Crippen MR) is 93.0 cm³/mol. The molecule has 0 aliphatic carbocycles. The fourth-order valence-electron chi connectivity index (χ4n) is 2.28. The van der Waals surface area contributed by atoms with Gasteiger partial charge in [-0.05, 0) is 42.0 Å². The van der Waals surface area contributed by atoms with E-state index in [-0.39, 0.29) is 5.69 Å². The number of benzene rings is 2. The van der Waals surface area contributed by atoms with E-state index in [1.807, 2.05) is 0 Å². The Morgan fingerprint density at radius 3 is 2.36 bits per heavy atom. The summed E-state index contributed by atoms with van der Waals surface area (Å²) in [7, 11) is 0. The molecular formula is C18H10ClF4N3O2. The van der Waals surface area contributed by atoms with Crippen LogP contribution in [-0.2, 0) is 11.0 Å². The first-order valence-corrected chi connectivity index (χ1v) is 8.05. The molecule has 0 saturated heterocycles. The van der Waals surface area contributed by atoms with Crippen molar-refractivity contribution in [2.75, 3.05) is 0 Å². The van der Waals surface area contributed by atoms with Gasteiger partial charge in [0.25, 0.3) is 0 Å². The molecule has 0 radical (unpaired) electrons. The summed E-state index contributed by atoms with van der Waals surface area (Å²) >= 11 is 5.74. The molecule has 0 fully saturated rings. The average molecular weight is 412 g/mol. The van der Waals surface area contributed by atoms with Gasteiger partial charge >= 0.3 is 12.1 Å². The SMILES string of the molecule is O=C(O/N=C/c1ccc(F)cc1)c1cnn(-c2ccc(Cl)cc2)c1C(F)(F)F. The summed E-state index contributed by atoms with van der Waals surface area (Å²) in [5.41, 5.74) is -1.66. The Morgan fingerprint density at radius 2 is 1.75 bits per heavy atom. The van der Waals surface area contributed by atoms with Gasteiger partial charge in [0.05, 0.1) is 18.1 Å². The third-order valence-electron chi connectivity index (χ3n) is 3.54. The van der Waals surface area contributed by atoms with E-state index in [2.05, 4.69) is 15.1 Å². The standard InChI is InChI=1S/C18H10ClF4N3O2/c19-12-3-7-14(8-4-12)26-16(18(21,22)23)15(10-24-26)17(27)28-25-9-11-1-5-13(20)6-2-11/h1-10H/b25-9+. The normalized spacial score (nSPS) is 11.8. The van der Waals surface area contributed by atoms with E-state index in [1.165, 1.54) is 36.4 Å². The Hall–Kier alpha value is -3.20. The first-order valence-electron chi connectivity index (χ1n) is 7.67. The van der Waals surface area contributed by atoms with Crippen LogP contribution in [-0.4, -0.2) is 22.0 Å². The van der Waals surface area contributed by atoms with E-state index < -0.39 is 29.2 Å². The van der Waals surface area contributed by atoms with Gasteiger partial charge in [0.1, 0.15) is 11.4 Å². The quantitative estimate of drug-likeness (QED) is 0.266. The summed E-state index contributed by atoms with van der Waals surface area (Å²) < 4.78 is 54.0. The van der Waals surface area contributed by atoms with E-state index >= 15 is 0 Å². The van der Waals surface area contributed by atoms with Crippen LogP contribution in [0.3, 0.4) is 0 Å². The Bertz CT molecular complexity index is 1010. The molecule has 144 valence electrons. The maximum Gasteiger partial charge on any atom is 0.434 e. The van der Waals surface area contributed by atoms with Crippen molar-refractivity contribution in [3.8, 4) is 5.69 Å². The minimum absolute atomic E-state index is 0.0607. The van der Waals surface area contributed by atoms with Gasteiger partial charge in [-0.1, -0.05) is 28.9 Å². The van der Waals surface area contributed by atoms with E-state index in [1.54, 1.807) is 0 Å². The monoisotopic (exact) mass is 411 g/mol. The maximum absolute atomic E-state index is 13.5. The lowest BCUT2D eigenvalue weighted by Gasteiger charge is -2.11. The number of carbonyl (C=O) groups is 1. The van der Waals surface area contributed by atoms with Crippen LogP contribution >= 0.6 is 11.6 Å². The lowest BCUT2D eigenvalue weighted by atomic mass is 10.2. The molecule has 0 saturated carbocycles. The number of aromatic nitrogens is 2. The Balaban J connectivity index is 1.87. The van der Waals surface area contributed by atoms with Gasteiger partial charge < -0.3 is 4.84 Å². The Labute approximate surface area is 160 Å². The van der Waals surface area contributed by atoms with Gasteiger partial charge in [-0.15, -0.1) is 0 Å². The van der Waals surface area contributed by atoms with Gasteiger partial charge in [0.15, 0.2) is 5.69 Å². The zero-order chi connectivity index (χ0) is 20.3. The molecular weight excluding hydrogens is 402 g/mol. The van der Waals surface area contributed by atoms with Crippen LogP contribution < -0.4 is 0 Å². The van der Waals surface area contributed by atoms with Gasteiger partial charge in [0.2, 0.25) is 0 Å². The number of hydrogen-bond acceptors (Lipinski definition) is 4. The van der Waals surface area contributed by atoms with E-state index in [9.17, 15) is 22.4 Å². The molecule has 0 bridgehead atoms. The second kappa shape index (κ2) is 7.81. The van der Waals surface area contributed by atoms with Crippen molar-refractivity contribution in [3.05, 3.63) is 82.4 Å². The lowest BCUT2D eigenvalue weighted by molar-refractivity contribution is -0.143. The number of rotatable bonds is 4. The molecule has 2 aromatic carbocycles. The summed E-state index contributed by atoms with van der Waals surface area (Å²) in [6.07, 6.45) is -3.08. The fraction of sp³-hybridized carbons (Fsp3) is 0.0556. The van der Waals surface area contributed by atoms with Crippen LogP contribution in [0.1, 0.15) is 21.6 Å². The molecule has 0 N–H and O–H groups in total. The summed E-state index contributed by atoms with van der Waals surface area (Å²) in [4.78, 5) is 16.6. The van der Waals surface area contributed by atoms with Crippen molar-refractivity contribution in [1.29, 1.82) is 0 Å². The molecule has 1 heterocycles. The second-order valence-electron chi connectivity index (χ2n) is 5.46. The molecule has 0 unspecified atom stereocenters. The number of nitrogens with zero attached hydrogens (tertiary/aromatic N) is 3. The first kappa shape index (κ1) is 19.6. The zero-order valence-corrected chi connectivity index (χ0v) is 14.6. The van der Waals surface area contributed by atoms with Crippen LogP contribution in [0.15, 0.2) is 59.9 Å². The number of oxime groups is 1. The number of halogens is 5. The molecule has 10 heteroatoms.